The van der Waals surface area contributed by atoms with Gasteiger partial charge in [-0.25, -0.2) is 0 Å². The van der Waals surface area contributed by atoms with Crippen LogP contribution in [-0.4, -0.2) is 34.8 Å². The molecule has 1 aromatic heterocycles. The van der Waals surface area contributed by atoms with Crippen LogP contribution in [0.1, 0.15) is 18.9 Å². The number of rotatable bonds is 1. The van der Waals surface area contributed by atoms with Crippen molar-refractivity contribution in [3.8, 4) is 0 Å². The van der Waals surface area contributed by atoms with Crippen LogP contribution >= 0.6 is 15.9 Å². The van der Waals surface area contributed by atoms with E-state index in [9.17, 15) is 0 Å². The summed E-state index contributed by atoms with van der Waals surface area (Å²) < 4.78 is 3.32. The number of hydrogen-bond donors (Lipinski definition) is 0. The van der Waals surface area contributed by atoms with Crippen LogP contribution in [0.2, 0.25) is 0 Å². The minimum atomic E-state index is 0.560. The molecule has 90 valence electrons. The van der Waals surface area contributed by atoms with E-state index in [0.717, 1.165) is 4.47 Å². The molecule has 0 unspecified atom stereocenters. The molecule has 0 N–H and O–H groups in total. The lowest BCUT2D eigenvalue weighted by atomic mass is 10.1. The van der Waals surface area contributed by atoms with E-state index >= 15 is 0 Å². The first kappa shape index (κ1) is 11.2. The summed E-state index contributed by atoms with van der Waals surface area (Å²) in [6, 6.07) is 6.94. The number of aromatic nitrogens is 2. The van der Waals surface area contributed by atoms with Crippen LogP contribution in [0.4, 0.5) is 0 Å². The van der Waals surface area contributed by atoms with Gasteiger partial charge in [-0.3, -0.25) is 4.68 Å². The summed E-state index contributed by atoms with van der Waals surface area (Å²) in [5.41, 5.74) is 1.25. The first-order valence-electron chi connectivity index (χ1n) is 6.05. The molecule has 1 fully saturated rings. The Morgan fingerprint density at radius 2 is 2.06 bits per heavy atom. The van der Waals surface area contributed by atoms with Gasteiger partial charge in [0.25, 0.3) is 0 Å². The average molecular weight is 294 g/mol. The Bertz CT molecular complexity index is 526. The topological polar surface area (TPSA) is 21.1 Å². The molecule has 1 saturated heterocycles. The van der Waals surface area contributed by atoms with E-state index in [1.165, 1.54) is 36.8 Å². The molecule has 1 aliphatic rings. The Kier molecular flexibility index (Phi) is 2.92. The molecule has 0 radical (unpaired) electrons. The minimum absolute atomic E-state index is 0.560. The van der Waals surface area contributed by atoms with Crippen LogP contribution in [-0.2, 0) is 0 Å². The van der Waals surface area contributed by atoms with E-state index in [0.29, 0.717) is 6.04 Å². The number of likely N-dealkylation sites (tertiary alicyclic amines) is 1. The van der Waals surface area contributed by atoms with Crippen molar-refractivity contribution in [2.45, 2.75) is 18.9 Å². The predicted molar refractivity (Wildman–Crippen MR) is 73.2 cm³/mol. The zero-order valence-corrected chi connectivity index (χ0v) is 11.5. The third kappa shape index (κ3) is 2.11. The average Bonchev–Trinajstić information content (AvgIpc) is 2.73. The molecular formula is C13H16BrN3. The Labute approximate surface area is 110 Å². The Hall–Kier alpha value is -0.870. The van der Waals surface area contributed by atoms with Gasteiger partial charge in [0.1, 0.15) is 0 Å². The smallest absolute Gasteiger partial charge is 0.0686 e. The lowest BCUT2D eigenvalue weighted by Gasteiger charge is -2.29. The van der Waals surface area contributed by atoms with Crippen molar-refractivity contribution in [2.75, 3.05) is 20.1 Å². The SMILES string of the molecule is CN1CCC(n2ncc3cc(Br)ccc32)CC1. The predicted octanol–water partition coefficient (Wildman–Crippen LogP) is 3.07. The Morgan fingerprint density at radius 3 is 2.82 bits per heavy atom. The van der Waals surface area contributed by atoms with E-state index in [-0.39, 0.29) is 0 Å². The van der Waals surface area contributed by atoms with Crippen molar-refractivity contribution in [1.82, 2.24) is 14.7 Å². The van der Waals surface area contributed by atoms with E-state index in [2.05, 4.69) is 55.9 Å². The fourth-order valence-corrected chi connectivity index (χ4v) is 2.93. The molecule has 0 amide bonds. The van der Waals surface area contributed by atoms with E-state index in [4.69, 9.17) is 0 Å². The molecule has 4 heteroatoms. The second-order valence-corrected chi connectivity index (χ2v) is 5.74. The van der Waals surface area contributed by atoms with E-state index < -0.39 is 0 Å². The van der Waals surface area contributed by atoms with Crippen LogP contribution in [0.5, 0.6) is 0 Å². The molecule has 0 aliphatic carbocycles. The van der Waals surface area contributed by atoms with Gasteiger partial charge in [-0.15, -0.1) is 0 Å². The fourth-order valence-electron chi connectivity index (χ4n) is 2.55. The van der Waals surface area contributed by atoms with Crippen LogP contribution in [0, 0.1) is 0 Å². The standard InChI is InChI=1S/C13H16BrN3/c1-16-6-4-12(5-7-16)17-13-3-2-11(14)8-10(13)9-15-17/h2-3,8-9,12H,4-7H2,1H3. The van der Waals surface area contributed by atoms with Crippen LogP contribution in [0.15, 0.2) is 28.9 Å². The summed E-state index contributed by atoms with van der Waals surface area (Å²) in [5, 5.41) is 5.78. The van der Waals surface area contributed by atoms with Gasteiger partial charge in [0.2, 0.25) is 0 Å². The maximum atomic E-state index is 4.56. The van der Waals surface area contributed by atoms with Gasteiger partial charge in [0, 0.05) is 9.86 Å². The zero-order valence-electron chi connectivity index (χ0n) is 9.93. The number of piperidine rings is 1. The molecular weight excluding hydrogens is 278 g/mol. The third-order valence-electron chi connectivity index (χ3n) is 3.59. The van der Waals surface area contributed by atoms with Crippen LogP contribution in [0.25, 0.3) is 10.9 Å². The van der Waals surface area contributed by atoms with Gasteiger partial charge in [-0.2, -0.15) is 5.10 Å². The van der Waals surface area contributed by atoms with Crippen molar-refractivity contribution < 1.29 is 0 Å². The summed E-state index contributed by atoms with van der Waals surface area (Å²) in [6.07, 6.45) is 4.37. The summed E-state index contributed by atoms with van der Waals surface area (Å²) >= 11 is 3.50. The van der Waals surface area contributed by atoms with Crippen LogP contribution in [0.3, 0.4) is 0 Å². The zero-order chi connectivity index (χ0) is 11.8. The first-order valence-corrected chi connectivity index (χ1v) is 6.84. The van der Waals surface area contributed by atoms with Gasteiger partial charge in [0.15, 0.2) is 0 Å². The molecule has 0 atom stereocenters. The van der Waals surface area contributed by atoms with E-state index in [1.54, 1.807) is 0 Å². The number of benzene rings is 1. The van der Waals surface area contributed by atoms with Crippen molar-refractivity contribution in [2.24, 2.45) is 0 Å². The van der Waals surface area contributed by atoms with E-state index in [1.807, 2.05) is 6.20 Å². The van der Waals surface area contributed by atoms with Gasteiger partial charge in [-0.05, 0) is 51.2 Å². The normalized spacial score (nSPS) is 18.9. The maximum Gasteiger partial charge on any atom is 0.0686 e. The van der Waals surface area contributed by atoms with Gasteiger partial charge >= 0.3 is 0 Å². The van der Waals surface area contributed by atoms with Crippen LogP contribution < -0.4 is 0 Å². The molecule has 0 saturated carbocycles. The molecule has 1 aromatic carbocycles. The fraction of sp³-hybridized carbons (Fsp3) is 0.462. The number of hydrogen-bond acceptors (Lipinski definition) is 2. The largest absolute Gasteiger partial charge is 0.306 e. The molecule has 1 aliphatic heterocycles. The summed E-state index contributed by atoms with van der Waals surface area (Å²) in [5.74, 6) is 0. The lowest BCUT2D eigenvalue weighted by Crippen LogP contribution is -2.31. The van der Waals surface area contributed by atoms with Gasteiger partial charge in [-0.1, -0.05) is 15.9 Å². The van der Waals surface area contributed by atoms with Crippen molar-refractivity contribution in [3.63, 3.8) is 0 Å². The molecule has 0 spiro atoms. The monoisotopic (exact) mass is 293 g/mol. The quantitative estimate of drug-likeness (QED) is 0.806. The highest BCUT2D eigenvalue weighted by Gasteiger charge is 2.20. The van der Waals surface area contributed by atoms with Crippen molar-refractivity contribution in [3.05, 3.63) is 28.9 Å². The third-order valence-corrected chi connectivity index (χ3v) is 4.08. The second-order valence-electron chi connectivity index (χ2n) is 4.83. The van der Waals surface area contributed by atoms with Gasteiger partial charge < -0.3 is 4.90 Å². The van der Waals surface area contributed by atoms with Gasteiger partial charge in [0.05, 0.1) is 17.8 Å². The number of fused-ring (bicyclic) bond motifs is 1. The molecule has 0 bridgehead atoms. The molecule has 2 heterocycles. The Balaban J connectivity index is 1.95. The highest BCUT2D eigenvalue weighted by molar-refractivity contribution is 9.10. The van der Waals surface area contributed by atoms with Crippen molar-refractivity contribution >= 4 is 26.8 Å². The lowest BCUT2D eigenvalue weighted by molar-refractivity contribution is 0.215. The maximum absolute atomic E-state index is 4.56. The molecule has 3 rings (SSSR count). The summed E-state index contributed by atoms with van der Waals surface area (Å²) in [4.78, 5) is 2.39. The first-order chi connectivity index (χ1) is 8.24. The molecule has 3 nitrogen and oxygen atoms in total. The summed E-state index contributed by atoms with van der Waals surface area (Å²) in [6.45, 7) is 2.34. The Morgan fingerprint density at radius 1 is 1.29 bits per heavy atom. The highest BCUT2D eigenvalue weighted by Crippen LogP contribution is 2.27. The molecule has 17 heavy (non-hydrogen) atoms. The van der Waals surface area contributed by atoms with Crippen molar-refractivity contribution in [1.29, 1.82) is 0 Å². The number of nitrogens with zero attached hydrogens (tertiary/aromatic N) is 3. The summed E-state index contributed by atoms with van der Waals surface area (Å²) in [7, 11) is 2.19. The molecule has 2 aromatic rings. The highest BCUT2D eigenvalue weighted by atomic mass is 79.9. The minimum Gasteiger partial charge on any atom is -0.306 e. The second kappa shape index (κ2) is 4.42. The number of halogens is 1.